The van der Waals surface area contributed by atoms with Crippen LogP contribution in [-0.2, 0) is 0 Å². The zero-order valence-corrected chi connectivity index (χ0v) is 12.2. The van der Waals surface area contributed by atoms with E-state index < -0.39 is 0 Å². The average Bonchev–Trinajstić information content (AvgIpc) is 3.07. The number of nitrogens with one attached hydrogen (secondary N) is 1. The first-order valence-corrected chi connectivity index (χ1v) is 7.92. The maximum Gasteiger partial charge on any atom is 0.138 e. The van der Waals surface area contributed by atoms with Gasteiger partial charge in [-0.1, -0.05) is 24.3 Å². The molecule has 2 N–H and O–H groups in total. The smallest absolute Gasteiger partial charge is 0.138 e. The molecule has 0 bridgehead atoms. The van der Waals surface area contributed by atoms with Crippen LogP contribution >= 0.6 is 11.3 Å². The monoisotopic (exact) mass is 283 g/mol. The topological polar surface area (TPSA) is 32.3 Å². The molecule has 0 amide bonds. The molecular weight excluding hydrogens is 266 g/mol. The van der Waals surface area contributed by atoms with Crippen molar-refractivity contribution in [1.29, 1.82) is 0 Å². The fourth-order valence-corrected chi connectivity index (χ4v) is 4.62. The Morgan fingerprint density at radius 3 is 3.00 bits per heavy atom. The van der Waals surface area contributed by atoms with E-state index in [-0.39, 0.29) is 0 Å². The van der Waals surface area contributed by atoms with E-state index >= 15 is 0 Å². The van der Waals surface area contributed by atoms with Gasteiger partial charge in [0.25, 0.3) is 0 Å². The number of aromatic hydroxyl groups is 1. The van der Waals surface area contributed by atoms with Crippen molar-refractivity contribution < 1.29 is 5.11 Å². The van der Waals surface area contributed by atoms with E-state index in [0.717, 1.165) is 12.1 Å². The number of aryl methyl sites for hydroxylation is 1. The van der Waals surface area contributed by atoms with Gasteiger partial charge in [-0.3, -0.25) is 0 Å². The zero-order chi connectivity index (χ0) is 13.7. The molecule has 1 aliphatic heterocycles. The van der Waals surface area contributed by atoms with Gasteiger partial charge in [-0.2, -0.15) is 0 Å². The van der Waals surface area contributed by atoms with Crippen LogP contribution in [0.4, 0.5) is 5.69 Å². The molecule has 102 valence electrons. The molecule has 1 aromatic heterocycles. The van der Waals surface area contributed by atoms with E-state index in [4.69, 9.17) is 0 Å². The molecule has 3 unspecified atom stereocenters. The molecule has 0 saturated heterocycles. The standard InChI is InChI=1S/C17H17NOS/c1-10-8-9-20-17(10)16-13-5-2-4-11(13)12-6-3-7-14(19)15(12)18-16/h2-4,6-9,11,13,16,18-19H,5H2,1H3. The van der Waals surface area contributed by atoms with Gasteiger partial charge in [-0.15, -0.1) is 11.3 Å². The molecular formula is C17H17NOS. The molecule has 0 saturated carbocycles. The second kappa shape index (κ2) is 4.38. The highest BCUT2D eigenvalue weighted by Crippen LogP contribution is 2.52. The van der Waals surface area contributed by atoms with Crippen LogP contribution in [0.5, 0.6) is 5.75 Å². The number of hydrogen-bond donors (Lipinski definition) is 2. The normalized spacial score (nSPS) is 26.9. The van der Waals surface area contributed by atoms with E-state index in [9.17, 15) is 5.11 Å². The fraction of sp³-hybridized carbons (Fsp3) is 0.294. The van der Waals surface area contributed by atoms with E-state index in [1.165, 1.54) is 16.0 Å². The minimum atomic E-state index is 0.302. The largest absolute Gasteiger partial charge is 0.506 e. The summed E-state index contributed by atoms with van der Waals surface area (Å²) in [7, 11) is 0. The number of anilines is 1. The molecule has 0 spiro atoms. The molecule has 0 radical (unpaired) electrons. The van der Waals surface area contributed by atoms with Crippen molar-refractivity contribution in [1.82, 2.24) is 0 Å². The van der Waals surface area contributed by atoms with Gasteiger partial charge in [-0.05, 0) is 47.9 Å². The Morgan fingerprint density at radius 2 is 2.20 bits per heavy atom. The van der Waals surface area contributed by atoms with Gasteiger partial charge in [0.2, 0.25) is 0 Å². The van der Waals surface area contributed by atoms with Crippen LogP contribution in [0.2, 0.25) is 0 Å². The number of phenolic OH excluding ortho intramolecular Hbond substituents is 1. The number of phenols is 1. The molecule has 2 aromatic rings. The van der Waals surface area contributed by atoms with Gasteiger partial charge in [0, 0.05) is 10.8 Å². The van der Waals surface area contributed by atoms with Gasteiger partial charge in [0.05, 0.1) is 11.7 Å². The fourth-order valence-electron chi connectivity index (χ4n) is 3.57. The van der Waals surface area contributed by atoms with Crippen LogP contribution in [0.25, 0.3) is 0 Å². The van der Waals surface area contributed by atoms with Crippen LogP contribution in [0.3, 0.4) is 0 Å². The minimum Gasteiger partial charge on any atom is -0.506 e. The van der Waals surface area contributed by atoms with Gasteiger partial charge in [-0.25, -0.2) is 0 Å². The van der Waals surface area contributed by atoms with Gasteiger partial charge in [0.1, 0.15) is 5.75 Å². The predicted octanol–water partition coefficient (Wildman–Crippen LogP) is 4.59. The zero-order valence-electron chi connectivity index (χ0n) is 11.3. The quantitative estimate of drug-likeness (QED) is 0.592. The number of fused-ring (bicyclic) bond motifs is 3. The first-order valence-electron chi connectivity index (χ1n) is 7.05. The molecule has 0 fully saturated rings. The van der Waals surface area contributed by atoms with E-state index in [2.05, 4.69) is 41.9 Å². The van der Waals surface area contributed by atoms with Crippen molar-refractivity contribution >= 4 is 17.0 Å². The SMILES string of the molecule is Cc1ccsc1C1Nc2c(O)cccc2C2C=CCC21. The number of hydrogen-bond acceptors (Lipinski definition) is 3. The Labute approximate surface area is 122 Å². The molecule has 1 aromatic carbocycles. The second-order valence-electron chi connectivity index (χ2n) is 5.68. The van der Waals surface area contributed by atoms with Crippen LogP contribution < -0.4 is 5.32 Å². The highest BCUT2D eigenvalue weighted by molar-refractivity contribution is 7.10. The maximum atomic E-state index is 10.2. The third kappa shape index (κ3) is 1.63. The number of benzene rings is 1. The number of thiophene rings is 1. The van der Waals surface area contributed by atoms with E-state index in [1.807, 2.05) is 17.4 Å². The first-order chi connectivity index (χ1) is 9.75. The minimum absolute atomic E-state index is 0.302. The summed E-state index contributed by atoms with van der Waals surface area (Å²) in [5, 5.41) is 15.9. The van der Waals surface area contributed by atoms with Crippen molar-refractivity contribution in [2.45, 2.75) is 25.3 Å². The summed E-state index contributed by atoms with van der Waals surface area (Å²) in [6.07, 6.45) is 5.70. The van der Waals surface area contributed by atoms with Gasteiger partial charge < -0.3 is 10.4 Å². The van der Waals surface area contributed by atoms with Crippen LogP contribution in [0.15, 0.2) is 41.8 Å². The summed E-state index contributed by atoms with van der Waals surface area (Å²) in [6.45, 7) is 2.17. The summed E-state index contributed by atoms with van der Waals surface area (Å²) in [5.74, 6) is 1.34. The van der Waals surface area contributed by atoms with E-state index in [1.54, 1.807) is 6.07 Å². The van der Waals surface area contributed by atoms with Crippen molar-refractivity contribution in [3.8, 4) is 5.75 Å². The van der Waals surface area contributed by atoms with Crippen LogP contribution in [0, 0.1) is 12.8 Å². The Kier molecular flexibility index (Phi) is 2.64. The summed E-state index contributed by atoms with van der Waals surface area (Å²) in [6, 6.07) is 8.32. The van der Waals surface area contributed by atoms with Crippen molar-refractivity contribution in [3.63, 3.8) is 0 Å². The molecule has 1 aliphatic carbocycles. The van der Waals surface area contributed by atoms with Crippen molar-refractivity contribution in [2.24, 2.45) is 5.92 Å². The molecule has 2 aliphatic rings. The van der Waals surface area contributed by atoms with Crippen molar-refractivity contribution in [3.05, 3.63) is 57.8 Å². The molecule has 2 nitrogen and oxygen atoms in total. The maximum absolute atomic E-state index is 10.2. The molecule has 3 atom stereocenters. The first kappa shape index (κ1) is 12.0. The summed E-state index contributed by atoms with van der Waals surface area (Å²) in [5.41, 5.74) is 3.49. The second-order valence-corrected chi connectivity index (χ2v) is 6.63. The summed E-state index contributed by atoms with van der Waals surface area (Å²) in [4.78, 5) is 1.40. The lowest BCUT2D eigenvalue weighted by molar-refractivity contribution is 0.418. The summed E-state index contributed by atoms with van der Waals surface area (Å²) >= 11 is 1.81. The van der Waals surface area contributed by atoms with Gasteiger partial charge >= 0.3 is 0 Å². The lowest BCUT2D eigenvalue weighted by Gasteiger charge is -2.37. The summed E-state index contributed by atoms with van der Waals surface area (Å²) < 4.78 is 0. The highest BCUT2D eigenvalue weighted by atomic mass is 32.1. The molecule has 2 heterocycles. The average molecular weight is 283 g/mol. The highest BCUT2D eigenvalue weighted by Gasteiger charge is 2.39. The predicted molar refractivity (Wildman–Crippen MR) is 83.5 cm³/mol. The van der Waals surface area contributed by atoms with Gasteiger partial charge in [0.15, 0.2) is 0 Å². The lowest BCUT2D eigenvalue weighted by atomic mass is 9.78. The van der Waals surface area contributed by atoms with Crippen LogP contribution in [0.1, 0.15) is 34.4 Å². The van der Waals surface area contributed by atoms with Crippen LogP contribution in [-0.4, -0.2) is 5.11 Å². The Bertz CT molecular complexity index is 688. The Morgan fingerprint density at radius 1 is 1.30 bits per heavy atom. The number of para-hydroxylation sites is 1. The van der Waals surface area contributed by atoms with E-state index in [0.29, 0.717) is 23.6 Å². The number of allylic oxidation sites excluding steroid dienone is 2. The molecule has 3 heteroatoms. The molecule has 20 heavy (non-hydrogen) atoms. The lowest BCUT2D eigenvalue weighted by Crippen LogP contribution is -2.28. The molecule has 4 rings (SSSR count). The number of rotatable bonds is 1. The Balaban J connectivity index is 1.85. The third-order valence-corrected chi connectivity index (χ3v) is 5.66. The third-order valence-electron chi connectivity index (χ3n) is 4.56. The van der Waals surface area contributed by atoms with Crippen molar-refractivity contribution in [2.75, 3.05) is 5.32 Å². The Hall–Kier alpha value is -1.74.